The molecule has 152 valence electrons. The van der Waals surface area contributed by atoms with Crippen LogP contribution in [0, 0.1) is 0 Å². The predicted octanol–water partition coefficient (Wildman–Crippen LogP) is 1.70. The standard InChI is InChI=1S/C21H16N2O7/c1-29-21(28)15-7-2-3-8-16(15)22-17(24)12-30-20(27)13-5-4-6-14(11-13)23-18(25)9-10-19(23)26/h2-11H,12H2,1H3,(H,22,24). The van der Waals surface area contributed by atoms with Crippen LogP contribution in [0.15, 0.2) is 60.7 Å². The molecule has 0 bridgehead atoms. The zero-order valence-corrected chi connectivity index (χ0v) is 15.8. The van der Waals surface area contributed by atoms with Gasteiger partial charge < -0.3 is 14.8 Å². The van der Waals surface area contributed by atoms with E-state index >= 15 is 0 Å². The number of carbonyl (C=O) groups excluding carboxylic acids is 5. The highest BCUT2D eigenvalue weighted by atomic mass is 16.5. The van der Waals surface area contributed by atoms with Crippen LogP contribution in [0.3, 0.4) is 0 Å². The van der Waals surface area contributed by atoms with Gasteiger partial charge in [-0.2, -0.15) is 0 Å². The average molecular weight is 408 g/mol. The van der Waals surface area contributed by atoms with Gasteiger partial charge >= 0.3 is 11.9 Å². The number of imide groups is 1. The maximum absolute atomic E-state index is 12.3. The van der Waals surface area contributed by atoms with Crippen molar-refractivity contribution in [3.63, 3.8) is 0 Å². The minimum atomic E-state index is -0.819. The molecule has 30 heavy (non-hydrogen) atoms. The lowest BCUT2D eigenvalue weighted by molar-refractivity contribution is -0.120. The molecule has 1 heterocycles. The highest BCUT2D eigenvalue weighted by molar-refractivity contribution is 6.28. The molecule has 0 saturated carbocycles. The summed E-state index contributed by atoms with van der Waals surface area (Å²) in [5, 5.41) is 2.48. The van der Waals surface area contributed by atoms with Gasteiger partial charge in [0, 0.05) is 12.2 Å². The van der Waals surface area contributed by atoms with E-state index in [0.717, 1.165) is 17.1 Å². The Bertz CT molecular complexity index is 1060. The molecule has 0 unspecified atom stereocenters. The van der Waals surface area contributed by atoms with Gasteiger partial charge in [0.15, 0.2) is 6.61 Å². The highest BCUT2D eigenvalue weighted by Gasteiger charge is 2.26. The Balaban J connectivity index is 1.63. The molecule has 0 aliphatic carbocycles. The van der Waals surface area contributed by atoms with E-state index in [1.807, 2.05) is 0 Å². The Morgan fingerprint density at radius 1 is 0.933 bits per heavy atom. The van der Waals surface area contributed by atoms with E-state index in [9.17, 15) is 24.0 Å². The van der Waals surface area contributed by atoms with Crippen LogP contribution in [0.2, 0.25) is 0 Å². The van der Waals surface area contributed by atoms with Gasteiger partial charge in [0.2, 0.25) is 0 Å². The lowest BCUT2D eigenvalue weighted by Gasteiger charge is -2.14. The normalized spacial score (nSPS) is 12.6. The maximum Gasteiger partial charge on any atom is 0.339 e. The first-order chi connectivity index (χ1) is 14.4. The topological polar surface area (TPSA) is 119 Å². The number of nitrogens with zero attached hydrogens (tertiary/aromatic N) is 1. The van der Waals surface area contributed by atoms with Gasteiger partial charge in [0.25, 0.3) is 17.7 Å². The number of ether oxygens (including phenoxy) is 2. The molecule has 1 aliphatic heterocycles. The average Bonchev–Trinajstić information content (AvgIpc) is 3.10. The lowest BCUT2D eigenvalue weighted by atomic mass is 10.2. The van der Waals surface area contributed by atoms with Crippen molar-refractivity contribution in [3.8, 4) is 0 Å². The molecule has 0 saturated heterocycles. The second kappa shape index (κ2) is 8.82. The van der Waals surface area contributed by atoms with Crippen molar-refractivity contribution >= 4 is 41.0 Å². The molecule has 1 N–H and O–H groups in total. The molecule has 0 spiro atoms. The highest BCUT2D eigenvalue weighted by Crippen LogP contribution is 2.21. The van der Waals surface area contributed by atoms with Gasteiger partial charge in [-0.05, 0) is 30.3 Å². The van der Waals surface area contributed by atoms with Crippen LogP contribution in [-0.2, 0) is 23.9 Å². The van der Waals surface area contributed by atoms with Gasteiger partial charge in [-0.1, -0.05) is 18.2 Å². The number of anilines is 2. The minimum Gasteiger partial charge on any atom is -0.465 e. The first-order valence-corrected chi connectivity index (χ1v) is 8.71. The quantitative estimate of drug-likeness (QED) is 0.571. The van der Waals surface area contributed by atoms with E-state index in [1.165, 1.54) is 43.5 Å². The summed E-state index contributed by atoms with van der Waals surface area (Å²) in [5.74, 6) is -3.14. The van der Waals surface area contributed by atoms with E-state index in [0.29, 0.717) is 0 Å². The zero-order chi connectivity index (χ0) is 21.7. The number of hydrogen-bond donors (Lipinski definition) is 1. The fourth-order valence-electron chi connectivity index (χ4n) is 2.71. The Hall–Kier alpha value is -4.27. The first kappa shape index (κ1) is 20.5. The summed E-state index contributed by atoms with van der Waals surface area (Å²) in [5.41, 5.74) is 0.635. The smallest absolute Gasteiger partial charge is 0.339 e. The largest absolute Gasteiger partial charge is 0.465 e. The molecular weight excluding hydrogens is 392 g/mol. The van der Waals surface area contributed by atoms with Crippen LogP contribution in [0.25, 0.3) is 0 Å². The SMILES string of the molecule is COC(=O)c1ccccc1NC(=O)COC(=O)c1cccc(N2C(=O)C=CC2=O)c1. The Kier molecular flexibility index (Phi) is 6.02. The van der Waals surface area contributed by atoms with Gasteiger partial charge in [-0.25, -0.2) is 14.5 Å². The fraction of sp³-hybridized carbons (Fsp3) is 0.0952. The number of esters is 2. The summed E-state index contributed by atoms with van der Waals surface area (Å²) < 4.78 is 9.64. The van der Waals surface area contributed by atoms with Crippen molar-refractivity contribution in [1.29, 1.82) is 0 Å². The second-order valence-electron chi connectivity index (χ2n) is 6.06. The predicted molar refractivity (Wildman–Crippen MR) is 105 cm³/mol. The van der Waals surface area contributed by atoms with Crippen molar-refractivity contribution in [2.45, 2.75) is 0 Å². The summed E-state index contributed by atoms with van der Waals surface area (Å²) in [6.45, 7) is -0.609. The summed E-state index contributed by atoms with van der Waals surface area (Å²) in [6.07, 6.45) is 2.26. The number of amides is 3. The van der Waals surface area contributed by atoms with Crippen LogP contribution >= 0.6 is 0 Å². The number of rotatable bonds is 6. The minimum absolute atomic E-state index is 0.0581. The number of carbonyl (C=O) groups is 5. The third kappa shape index (κ3) is 4.41. The van der Waals surface area contributed by atoms with Crippen molar-refractivity contribution in [2.75, 3.05) is 23.9 Å². The maximum atomic E-state index is 12.3. The van der Waals surface area contributed by atoms with E-state index in [2.05, 4.69) is 10.1 Å². The second-order valence-corrected chi connectivity index (χ2v) is 6.06. The molecule has 0 radical (unpaired) electrons. The van der Waals surface area contributed by atoms with Crippen LogP contribution < -0.4 is 10.2 Å². The van der Waals surface area contributed by atoms with E-state index in [-0.39, 0.29) is 22.5 Å². The molecule has 9 heteroatoms. The van der Waals surface area contributed by atoms with Gasteiger partial charge in [-0.15, -0.1) is 0 Å². The molecular formula is C21H16N2O7. The van der Waals surface area contributed by atoms with Crippen molar-refractivity contribution < 1.29 is 33.4 Å². The summed E-state index contributed by atoms with van der Waals surface area (Å²) >= 11 is 0. The lowest BCUT2D eigenvalue weighted by Crippen LogP contribution is -2.29. The molecule has 0 aromatic heterocycles. The first-order valence-electron chi connectivity index (χ1n) is 8.71. The van der Waals surface area contributed by atoms with Crippen molar-refractivity contribution in [2.24, 2.45) is 0 Å². The third-order valence-corrected chi connectivity index (χ3v) is 4.09. The molecule has 0 atom stereocenters. The number of methoxy groups -OCH3 is 1. The van der Waals surface area contributed by atoms with Crippen molar-refractivity contribution in [1.82, 2.24) is 0 Å². The van der Waals surface area contributed by atoms with Gasteiger partial charge in [-0.3, -0.25) is 14.4 Å². The Labute approximate surface area is 170 Å². The summed E-state index contributed by atoms with van der Waals surface area (Å²) in [6, 6.07) is 11.9. The number of hydrogen-bond acceptors (Lipinski definition) is 7. The molecule has 2 aromatic rings. The van der Waals surface area contributed by atoms with Gasteiger partial charge in [0.05, 0.1) is 29.6 Å². The molecule has 1 aliphatic rings. The Morgan fingerprint density at radius 3 is 2.33 bits per heavy atom. The summed E-state index contributed by atoms with van der Waals surface area (Å²) in [4.78, 5) is 60.6. The molecule has 2 aromatic carbocycles. The van der Waals surface area contributed by atoms with Crippen LogP contribution in [0.4, 0.5) is 11.4 Å². The molecule has 0 fully saturated rings. The van der Waals surface area contributed by atoms with Crippen LogP contribution in [0.5, 0.6) is 0 Å². The number of benzene rings is 2. The van der Waals surface area contributed by atoms with Crippen LogP contribution in [-0.4, -0.2) is 43.4 Å². The number of nitrogens with one attached hydrogen (secondary N) is 1. The fourth-order valence-corrected chi connectivity index (χ4v) is 2.71. The zero-order valence-electron chi connectivity index (χ0n) is 15.8. The van der Waals surface area contributed by atoms with Crippen molar-refractivity contribution in [3.05, 3.63) is 71.8 Å². The third-order valence-electron chi connectivity index (χ3n) is 4.09. The monoisotopic (exact) mass is 408 g/mol. The Morgan fingerprint density at radius 2 is 1.63 bits per heavy atom. The van der Waals surface area contributed by atoms with E-state index < -0.39 is 36.3 Å². The summed E-state index contributed by atoms with van der Waals surface area (Å²) in [7, 11) is 1.22. The van der Waals surface area contributed by atoms with E-state index in [4.69, 9.17) is 4.74 Å². The van der Waals surface area contributed by atoms with Gasteiger partial charge in [0.1, 0.15) is 0 Å². The number of para-hydroxylation sites is 1. The van der Waals surface area contributed by atoms with Crippen LogP contribution in [0.1, 0.15) is 20.7 Å². The molecule has 9 nitrogen and oxygen atoms in total. The molecule has 3 rings (SSSR count). The van der Waals surface area contributed by atoms with E-state index in [1.54, 1.807) is 12.1 Å². The molecule has 3 amide bonds.